The van der Waals surface area contributed by atoms with E-state index in [-0.39, 0.29) is 29.2 Å². The smallest absolute Gasteiger partial charge is 0.240 e. The summed E-state index contributed by atoms with van der Waals surface area (Å²) in [5.41, 5.74) is 3.79. The van der Waals surface area contributed by atoms with Crippen molar-refractivity contribution >= 4 is 21.6 Å². The van der Waals surface area contributed by atoms with Gasteiger partial charge in [-0.05, 0) is 48.4 Å². The summed E-state index contributed by atoms with van der Waals surface area (Å²) in [6.07, 6.45) is 5.37. The van der Waals surface area contributed by atoms with E-state index in [1.54, 1.807) is 16.6 Å². The maximum Gasteiger partial charge on any atom is 0.240 e. The van der Waals surface area contributed by atoms with Gasteiger partial charge in [-0.2, -0.15) is 5.10 Å². The predicted octanol–water partition coefficient (Wildman–Crippen LogP) is 2.75. The number of fused-ring (bicyclic) bond motifs is 1. The molecule has 0 fully saturated rings. The van der Waals surface area contributed by atoms with Gasteiger partial charge in [-0.3, -0.25) is 4.79 Å². The minimum Gasteiger partial charge on any atom is -0.356 e. The van der Waals surface area contributed by atoms with Crippen LogP contribution in [0.1, 0.15) is 50.4 Å². The maximum absolute atomic E-state index is 12.4. The fourth-order valence-corrected chi connectivity index (χ4v) is 4.32. The molecule has 0 radical (unpaired) electrons. The highest BCUT2D eigenvalue weighted by Gasteiger charge is 2.17. The maximum atomic E-state index is 12.4. The molecule has 0 aliphatic rings. The van der Waals surface area contributed by atoms with Crippen molar-refractivity contribution in [1.82, 2.24) is 24.6 Å². The van der Waals surface area contributed by atoms with Crippen LogP contribution in [0.5, 0.6) is 0 Å². The Morgan fingerprint density at radius 3 is 2.53 bits per heavy atom. The molecule has 0 saturated heterocycles. The highest BCUT2D eigenvalue weighted by molar-refractivity contribution is 7.89. The molecule has 0 atom stereocenters. The second-order valence-corrected chi connectivity index (χ2v) is 10.7. The molecule has 3 rings (SSSR count). The summed E-state index contributed by atoms with van der Waals surface area (Å²) in [4.78, 5) is 16.6. The Labute approximate surface area is 189 Å². The fraction of sp³-hybridized carbons (Fsp3) is 0.435. The van der Waals surface area contributed by atoms with Crippen LogP contribution in [0.2, 0.25) is 0 Å². The molecule has 1 amide bonds. The number of aryl methyl sites for hydroxylation is 2. The minimum absolute atomic E-state index is 0.0464. The van der Waals surface area contributed by atoms with E-state index >= 15 is 0 Å². The summed E-state index contributed by atoms with van der Waals surface area (Å²) in [7, 11) is -3.64. The molecule has 3 aromatic rings. The zero-order valence-corrected chi connectivity index (χ0v) is 19.9. The lowest BCUT2D eigenvalue weighted by Crippen LogP contribution is -2.31. The molecule has 0 spiro atoms. The molecule has 9 heteroatoms. The van der Waals surface area contributed by atoms with E-state index in [2.05, 4.69) is 40.9 Å². The van der Waals surface area contributed by atoms with Crippen molar-refractivity contribution in [3.05, 3.63) is 59.5 Å². The Balaban J connectivity index is 1.38. The molecule has 1 aromatic carbocycles. The number of aromatic nitrogens is 3. The second-order valence-electron chi connectivity index (χ2n) is 8.93. The third-order valence-electron chi connectivity index (χ3n) is 5.13. The number of hydrogen-bond acceptors (Lipinski definition) is 5. The molecule has 32 heavy (non-hydrogen) atoms. The Hall–Kier alpha value is -2.78. The molecule has 2 heterocycles. The van der Waals surface area contributed by atoms with E-state index in [1.807, 2.05) is 37.5 Å². The van der Waals surface area contributed by atoms with Crippen LogP contribution in [0.25, 0.3) is 5.65 Å². The molecular formula is C23H31N5O3S. The molecule has 0 aliphatic heterocycles. The quantitative estimate of drug-likeness (QED) is 0.481. The number of nitrogens with one attached hydrogen (secondary N) is 2. The number of carbonyl (C=O) groups is 1. The number of rotatable bonds is 9. The summed E-state index contributed by atoms with van der Waals surface area (Å²) >= 11 is 0. The van der Waals surface area contributed by atoms with Crippen LogP contribution in [0.4, 0.5) is 0 Å². The van der Waals surface area contributed by atoms with Crippen LogP contribution in [0.3, 0.4) is 0 Å². The van der Waals surface area contributed by atoms with Crippen molar-refractivity contribution < 1.29 is 13.2 Å². The largest absolute Gasteiger partial charge is 0.356 e. The van der Waals surface area contributed by atoms with E-state index in [0.717, 1.165) is 35.3 Å². The van der Waals surface area contributed by atoms with Crippen molar-refractivity contribution in [3.63, 3.8) is 0 Å². The molecule has 2 N–H and O–H groups in total. The van der Waals surface area contributed by atoms with E-state index in [1.165, 1.54) is 0 Å². The first-order valence-corrected chi connectivity index (χ1v) is 12.2. The first kappa shape index (κ1) is 23.9. The van der Waals surface area contributed by atoms with Gasteiger partial charge in [0.05, 0.1) is 10.6 Å². The van der Waals surface area contributed by atoms with E-state index in [9.17, 15) is 13.2 Å². The molecule has 0 bridgehead atoms. The zero-order chi connectivity index (χ0) is 23.4. The molecule has 8 nitrogen and oxygen atoms in total. The van der Waals surface area contributed by atoms with Gasteiger partial charge < -0.3 is 5.32 Å². The number of benzene rings is 1. The van der Waals surface area contributed by atoms with Crippen molar-refractivity contribution in [2.24, 2.45) is 0 Å². The third-order valence-corrected chi connectivity index (χ3v) is 6.61. The van der Waals surface area contributed by atoms with Crippen LogP contribution in [-0.4, -0.2) is 42.0 Å². The van der Waals surface area contributed by atoms with E-state index < -0.39 is 10.0 Å². The van der Waals surface area contributed by atoms with Crippen LogP contribution >= 0.6 is 0 Å². The van der Waals surface area contributed by atoms with Crippen LogP contribution in [0, 0.1) is 6.92 Å². The van der Waals surface area contributed by atoms with Crippen molar-refractivity contribution in [1.29, 1.82) is 0 Å². The molecule has 0 unspecified atom stereocenters. The highest BCUT2D eigenvalue weighted by Crippen LogP contribution is 2.23. The number of carbonyl (C=O) groups excluding carboxylic acids is 1. The van der Waals surface area contributed by atoms with Gasteiger partial charge in [0.25, 0.3) is 0 Å². The average molecular weight is 458 g/mol. The number of nitrogens with zero attached hydrogens (tertiary/aromatic N) is 3. The summed E-state index contributed by atoms with van der Waals surface area (Å²) in [5.74, 6) is -0.188. The van der Waals surface area contributed by atoms with Gasteiger partial charge in [0.1, 0.15) is 0 Å². The van der Waals surface area contributed by atoms with Gasteiger partial charge >= 0.3 is 0 Å². The van der Waals surface area contributed by atoms with Gasteiger partial charge in [-0.1, -0.05) is 32.9 Å². The lowest BCUT2D eigenvalue weighted by atomic mass is 9.87. The fourth-order valence-electron chi connectivity index (χ4n) is 3.29. The number of sulfonamides is 1. The first-order chi connectivity index (χ1) is 15.0. The first-order valence-electron chi connectivity index (χ1n) is 10.7. The topological polar surface area (TPSA) is 105 Å². The predicted molar refractivity (Wildman–Crippen MR) is 124 cm³/mol. The van der Waals surface area contributed by atoms with Crippen LogP contribution in [-0.2, 0) is 26.7 Å². The van der Waals surface area contributed by atoms with E-state index in [4.69, 9.17) is 0 Å². The highest BCUT2D eigenvalue weighted by atomic mass is 32.2. The lowest BCUT2D eigenvalue weighted by Gasteiger charge is -2.19. The van der Waals surface area contributed by atoms with Gasteiger partial charge in [-0.15, -0.1) is 0 Å². The third kappa shape index (κ3) is 6.37. The van der Waals surface area contributed by atoms with Crippen LogP contribution < -0.4 is 10.0 Å². The molecule has 0 aliphatic carbocycles. The van der Waals surface area contributed by atoms with Crippen LogP contribution in [0.15, 0.2) is 47.6 Å². The molecule has 172 valence electrons. The standard InChI is InChI=1S/C23H31N5O3S/c1-17-14-21-25-15-18(16-28(21)27-17)6-5-12-24-22(29)11-13-26-32(30,31)20-9-7-19(8-10-20)23(2,3)4/h7-10,14-16,26H,5-6,11-13H2,1-4H3,(H,24,29). The number of hydrogen-bond donors (Lipinski definition) is 2. The zero-order valence-electron chi connectivity index (χ0n) is 19.1. The monoisotopic (exact) mass is 457 g/mol. The van der Waals surface area contributed by atoms with Crippen molar-refractivity contribution in [2.75, 3.05) is 13.1 Å². The van der Waals surface area contributed by atoms with Gasteiger partial charge in [-0.25, -0.2) is 22.6 Å². The van der Waals surface area contributed by atoms with Gasteiger partial charge in [0.2, 0.25) is 15.9 Å². The number of amides is 1. The summed E-state index contributed by atoms with van der Waals surface area (Å²) < 4.78 is 29.1. The minimum atomic E-state index is -3.64. The lowest BCUT2D eigenvalue weighted by molar-refractivity contribution is -0.120. The molecular weight excluding hydrogens is 426 g/mol. The van der Waals surface area contributed by atoms with Crippen molar-refractivity contribution in [2.45, 2.75) is 57.3 Å². The summed E-state index contributed by atoms with van der Waals surface area (Å²) in [5, 5.41) is 7.18. The SMILES string of the molecule is Cc1cc2ncc(CCCNC(=O)CCNS(=O)(=O)c3ccc(C(C)(C)C)cc3)cn2n1. The molecule has 2 aromatic heterocycles. The van der Waals surface area contributed by atoms with E-state index in [0.29, 0.717) is 6.54 Å². The Kier molecular flexibility index (Phi) is 7.30. The Morgan fingerprint density at radius 1 is 1.12 bits per heavy atom. The van der Waals surface area contributed by atoms with Crippen molar-refractivity contribution in [3.8, 4) is 0 Å². The molecule has 0 saturated carbocycles. The Morgan fingerprint density at radius 2 is 1.84 bits per heavy atom. The van der Waals surface area contributed by atoms with Gasteiger partial charge in [0, 0.05) is 38.0 Å². The second kappa shape index (κ2) is 9.79. The summed E-state index contributed by atoms with van der Waals surface area (Å²) in [6.45, 7) is 8.70. The normalized spacial score (nSPS) is 12.2. The summed E-state index contributed by atoms with van der Waals surface area (Å²) in [6, 6.07) is 8.75. The Bertz CT molecular complexity index is 1180. The van der Waals surface area contributed by atoms with Gasteiger partial charge in [0.15, 0.2) is 5.65 Å². The average Bonchev–Trinajstić information content (AvgIpc) is 3.10.